The van der Waals surface area contributed by atoms with E-state index < -0.39 is 23.8 Å². The minimum Gasteiger partial charge on any atom is -0.493 e. The standard InChI is InChI=1S/C28H28N6O5S/c1-38-20-11-10-19(13-21(20)39-2)24(27(36)32-15-17-7-4-3-5-8-17)34(16-18-9-6-12-31-14-18)28(37)25-22(29)23(26(30)35)33-40-25/h3-14,24H,15-16,29H2,1-2H3,(H2,30,35)(H,32,36)/t24-/m0/s1. The molecular formula is C28H28N6O5S. The van der Waals surface area contributed by atoms with Gasteiger partial charge >= 0.3 is 0 Å². The van der Waals surface area contributed by atoms with E-state index in [9.17, 15) is 14.4 Å². The highest BCUT2D eigenvalue weighted by atomic mass is 32.1. The van der Waals surface area contributed by atoms with Crippen LogP contribution in [0.2, 0.25) is 0 Å². The van der Waals surface area contributed by atoms with Crippen LogP contribution in [0, 0.1) is 0 Å². The number of methoxy groups -OCH3 is 2. The van der Waals surface area contributed by atoms with E-state index in [0.717, 1.165) is 17.1 Å². The zero-order chi connectivity index (χ0) is 28.6. The summed E-state index contributed by atoms with van der Waals surface area (Å²) in [6, 6.07) is 16.7. The average Bonchev–Trinajstić information content (AvgIpc) is 3.37. The summed E-state index contributed by atoms with van der Waals surface area (Å²) in [7, 11) is 2.98. The van der Waals surface area contributed by atoms with Gasteiger partial charge in [-0.1, -0.05) is 42.5 Å². The van der Waals surface area contributed by atoms with E-state index in [1.165, 1.54) is 19.1 Å². The summed E-state index contributed by atoms with van der Waals surface area (Å²) < 4.78 is 14.8. The summed E-state index contributed by atoms with van der Waals surface area (Å²) in [6.45, 7) is 0.223. The number of pyridine rings is 1. The number of nitrogens with zero attached hydrogens (tertiary/aromatic N) is 3. The zero-order valence-electron chi connectivity index (χ0n) is 21.9. The number of amides is 3. The van der Waals surface area contributed by atoms with Crippen LogP contribution in [-0.4, -0.2) is 46.2 Å². The summed E-state index contributed by atoms with van der Waals surface area (Å²) >= 11 is 0.741. The number of rotatable bonds is 11. The Bertz CT molecular complexity index is 1500. The maximum Gasteiger partial charge on any atom is 0.270 e. The number of nitrogens with one attached hydrogen (secondary N) is 1. The number of carbonyl (C=O) groups excluding carboxylic acids is 3. The smallest absolute Gasteiger partial charge is 0.270 e. The van der Waals surface area contributed by atoms with Crippen molar-refractivity contribution in [3.8, 4) is 11.5 Å². The van der Waals surface area contributed by atoms with Gasteiger partial charge in [-0.05, 0) is 46.4 Å². The van der Waals surface area contributed by atoms with E-state index in [1.807, 2.05) is 30.3 Å². The van der Waals surface area contributed by atoms with Crippen LogP contribution >= 0.6 is 11.5 Å². The van der Waals surface area contributed by atoms with Gasteiger partial charge in [0.15, 0.2) is 17.2 Å². The highest BCUT2D eigenvalue weighted by Gasteiger charge is 2.35. The molecule has 4 rings (SSSR count). The second-order valence-corrected chi connectivity index (χ2v) is 9.43. The molecule has 4 aromatic rings. The molecule has 2 heterocycles. The van der Waals surface area contributed by atoms with Gasteiger partial charge in [0.1, 0.15) is 10.9 Å². The van der Waals surface area contributed by atoms with E-state index in [4.69, 9.17) is 20.9 Å². The first kappa shape index (κ1) is 28.0. The molecule has 0 aliphatic carbocycles. The van der Waals surface area contributed by atoms with Gasteiger partial charge in [-0.15, -0.1) is 0 Å². The summed E-state index contributed by atoms with van der Waals surface area (Å²) in [6.07, 6.45) is 3.20. The van der Waals surface area contributed by atoms with Crippen molar-refractivity contribution in [2.45, 2.75) is 19.1 Å². The number of anilines is 1. The third-order valence-electron chi connectivity index (χ3n) is 6.09. The number of nitrogen functional groups attached to an aromatic ring is 1. The molecule has 2 aromatic heterocycles. The number of primary amides is 1. The van der Waals surface area contributed by atoms with Gasteiger partial charge in [0.05, 0.1) is 19.9 Å². The molecule has 12 heteroatoms. The van der Waals surface area contributed by atoms with Crippen molar-refractivity contribution in [2.75, 3.05) is 20.0 Å². The van der Waals surface area contributed by atoms with Crippen LogP contribution in [0.1, 0.15) is 42.9 Å². The molecule has 206 valence electrons. The van der Waals surface area contributed by atoms with Crippen LogP contribution in [-0.2, 0) is 17.9 Å². The Morgan fingerprint density at radius 3 is 2.35 bits per heavy atom. The molecule has 11 nitrogen and oxygen atoms in total. The minimum atomic E-state index is -1.14. The van der Waals surface area contributed by atoms with Crippen LogP contribution in [0.25, 0.3) is 0 Å². The largest absolute Gasteiger partial charge is 0.493 e. The van der Waals surface area contributed by atoms with Crippen LogP contribution < -0.4 is 26.3 Å². The number of ether oxygens (including phenoxy) is 2. The molecule has 5 N–H and O–H groups in total. The normalized spacial score (nSPS) is 11.3. The fourth-order valence-electron chi connectivity index (χ4n) is 4.11. The SMILES string of the molecule is COc1ccc([C@@H](C(=O)NCc2ccccc2)N(Cc2cccnc2)C(=O)c2snc(C(N)=O)c2N)cc1OC. The number of carbonyl (C=O) groups is 3. The van der Waals surface area contributed by atoms with Gasteiger partial charge in [-0.2, -0.15) is 4.37 Å². The van der Waals surface area contributed by atoms with E-state index in [0.29, 0.717) is 22.6 Å². The Kier molecular flexibility index (Phi) is 8.92. The van der Waals surface area contributed by atoms with Gasteiger partial charge < -0.3 is 31.2 Å². The number of benzene rings is 2. The van der Waals surface area contributed by atoms with Crippen molar-refractivity contribution in [2.24, 2.45) is 5.73 Å². The minimum absolute atomic E-state index is 0.00626. The van der Waals surface area contributed by atoms with Crippen LogP contribution in [0.5, 0.6) is 11.5 Å². The second-order valence-electron chi connectivity index (χ2n) is 8.65. The molecule has 0 unspecified atom stereocenters. The molecule has 0 saturated carbocycles. The lowest BCUT2D eigenvalue weighted by molar-refractivity contribution is -0.126. The Balaban J connectivity index is 1.82. The molecule has 0 saturated heterocycles. The molecule has 0 spiro atoms. The molecule has 0 radical (unpaired) electrons. The molecule has 0 fully saturated rings. The van der Waals surface area contributed by atoms with Crippen molar-refractivity contribution in [3.63, 3.8) is 0 Å². The molecule has 0 aliphatic heterocycles. The van der Waals surface area contributed by atoms with Gasteiger partial charge in [-0.3, -0.25) is 19.4 Å². The van der Waals surface area contributed by atoms with Crippen molar-refractivity contribution in [1.82, 2.24) is 19.6 Å². The van der Waals surface area contributed by atoms with Crippen LogP contribution in [0.3, 0.4) is 0 Å². The fourth-order valence-corrected chi connectivity index (χ4v) is 4.87. The zero-order valence-corrected chi connectivity index (χ0v) is 22.7. The Hall–Kier alpha value is -4.97. The summed E-state index contributed by atoms with van der Waals surface area (Å²) in [4.78, 5) is 45.3. The van der Waals surface area contributed by atoms with E-state index in [-0.39, 0.29) is 29.3 Å². The Labute approximate surface area is 234 Å². The van der Waals surface area contributed by atoms with Gasteiger partial charge in [0.25, 0.3) is 11.8 Å². The topological polar surface area (TPSA) is 163 Å². The molecule has 0 aliphatic rings. The van der Waals surface area contributed by atoms with Crippen molar-refractivity contribution in [1.29, 1.82) is 0 Å². The summed E-state index contributed by atoms with van der Waals surface area (Å²) in [5.74, 6) is -1.09. The highest BCUT2D eigenvalue weighted by molar-refractivity contribution is 7.09. The molecule has 1 atom stereocenters. The lowest BCUT2D eigenvalue weighted by Gasteiger charge is -2.31. The Morgan fingerprint density at radius 1 is 1.00 bits per heavy atom. The van der Waals surface area contributed by atoms with Crippen LogP contribution in [0.15, 0.2) is 73.1 Å². The van der Waals surface area contributed by atoms with E-state index in [1.54, 1.807) is 42.7 Å². The number of nitrogens with two attached hydrogens (primary N) is 2. The number of hydrogen-bond donors (Lipinski definition) is 3. The molecule has 2 aromatic carbocycles. The number of hydrogen-bond acceptors (Lipinski definition) is 9. The maximum absolute atomic E-state index is 14.1. The average molecular weight is 561 g/mol. The van der Waals surface area contributed by atoms with Gasteiger partial charge in [0, 0.05) is 25.5 Å². The third kappa shape index (κ3) is 6.18. The second kappa shape index (κ2) is 12.7. The first-order valence-corrected chi connectivity index (χ1v) is 12.9. The third-order valence-corrected chi connectivity index (χ3v) is 6.94. The van der Waals surface area contributed by atoms with Crippen molar-refractivity contribution >= 4 is 34.9 Å². The Morgan fingerprint density at radius 2 is 1.73 bits per heavy atom. The molecule has 3 amide bonds. The van der Waals surface area contributed by atoms with E-state index >= 15 is 0 Å². The molecule has 40 heavy (non-hydrogen) atoms. The predicted octanol–water partition coefficient (Wildman–Crippen LogP) is 2.94. The lowest BCUT2D eigenvalue weighted by atomic mass is 10.0. The molecular weight excluding hydrogens is 532 g/mol. The highest BCUT2D eigenvalue weighted by Crippen LogP contribution is 2.35. The first-order chi connectivity index (χ1) is 19.3. The molecule has 0 bridgehead atoms. The maximum atomic E-state index is 14.1. The number of aromatic nitrogens is 2. The predicted molar refractivity (Wildman–Crippen MR) is 150 cm³/mol. The summed E-state index contributed by atoms with van der Waals surface area (Å²) in [5, 5.41) is 2.94. The van der Waals surface area contributed by atoms with E-state index in [2.05, 4.69) is 14.7 Å². The first-order valence-electron chi connectivity index (χ1n) is 12.1. The quantitative estimate of drug-likeness (QED) is 0.252. The van der Waals surface area contributed by atoms with Crippen LogP contribution in [0.4, 0.5) is 5.69 Å². The summed E-state index contributed by atoms with van der Waals surface area (Å²) in [5.41, 5.74) is 13.2. The van der Waals surface area contributed by atoms with Gasteiger partial charge in [0.2, 0.25) is 5.91 Å². The lowest BCUT2D eigenvalue weighted by Crippen LogP contribution is -2.43. The van der Waals surface area contributed by atoms with Crippen molar-refractivity contribution in [3.05, 3.63) is 100 Å². The monoisotopic (exact) mass is 560 g/mol. The van der Waals surface area contributed by atoms with Gasteiger partial charge in [-0.25, -0.2) is 0 Å². The fraction of sp³-hybridized carbons (Fsp3) is 0.179. The van der Waals surface area contributed by atoms with Crippen molar-refractivity contribution < 1.29 is 23.9 Å².